The SMILES string of the molecule is O=c1c(=Cc2ccc(OCc3ccccc3)c([N+](=O)[O-])c2)sc2nc3ccccc3n12. The Morgan fingerprint density at radius 2 is 1.84 bits per heavy atom. The highest BCUT2D eigenvalue weighted by molar-refractivity contribution is 7.15. The molecule has 0 aliphatic rings. The number of nitro benzene ring substituents is 1. The van der Waals surface area contributed by atoms with Crippen LogP contribution in [0.4, 0.5) is 5.69 Å². The lowest BCUT2D eigenvalue weighted by molar-refractivity contribution is -0.386. The molecule has 0 saturated carbocycles. The smallest absolute Gasteiger partial charge is 0.311 e. The van der Waals surface area contributed by atoms with Gasteiger partial charge in [0.1, 0.15) is 6.61 Å². The number of imidazole rings is 1. The minimum absolute atomic E-state index is 0.149. The fraction of sp³-hybridized carbons (Fsp3) is 0.0435. The third kappa shape index (κ3) is 3.53. The predicted octanol–water partition coefficient (Wildman–Crippen LogP) is 3.94. The fourth-order valence-corrected chi connectivity index (χ4v) is 4.37. The molecule has 0 amide bonds. The third-order valence-electron chi connectivity index (χ3n) is 4.86. The number of hydrogen-bond acceptors (Lipinski definition) is 6. The Balaban J connectivity index is 1.52. The molecule has 0 saturated heterocycles. The lowest BCUT2D eigenvalue weighted by atomic mass is 10.2. The van der Waals surface area contributed by atoms with E-state index in [2.05, 4.69) is 4.98 Å². The molecule has 0 aliphatic heterocycles. The fourth-order valence-electron chi connectivity index (χ4n) is 3.39. The van der Waals surface area contributed by atoms with Gasteiger partial charge < -0.3 is 4.74 Å². The summed E-state index contributed by atoms with van der Waals surface area (Å²) in [5.41, 5.74) is 2.62. The highest BCUT2D eigenvalue weighted by atomic mass is 32.1. The van der Waals surface area contributed by atoms with E-state index in [4.69, 9.17) is 4.74 Å². The van der Waals surface area contributed by atoms with Crippen LogP contribution in [0.15, 0.2) is 77.6 Å². The zero-order chi connectivity index (χ0) is 21.4. The van der Waals surface area contributed by atoms with E-state index >= 15 is 0 Å². The average Bonchev–Trinajstić information content (AvgIpc) is 3.29. The maximum absolute atomic E-state index is 12.9. The first-order valence-corrected chi connectivity index (χ1v) is 10.3. The van der Waals surface area contributed by atoms with Crippen molar-refractivity contribution >= 4 is 39.1 Å². The molecular formula is C23H15N3O4S. The maximum atomic E-state index is 12.9. The van der Waals surface area contributed by atoms with E-state index in [1.165, 1.54) is 17.4 Å². The van der Waals surface area contributed by atoms with Gasteiger partial charge in [-0.3, -0.25) is 14.9 Å². The Bertz CT molecular complexity index is 1540. The number of rotatable bonds is 5. The number of para-hydroxylation sites is 2. The Labute approximate surface area is 179 Å². The van der Waals surface area contributed by atoms with Gasteiger partial charge in [0.2, 0.25) is 0 Å². The summed E-state index contributed by atoms with van der Waals surface area (Å²) >= 11 is 1.25. The van der Waals surface area contributed by atoms with Crippen LogP contribution in [0.3, 0.4) is 0 Å². The average molecular weight is 429 g/mol. The van der Waals surface area contributed by atoms with Crippen LogP contribution in [0.25, 0.3) is 22.1 Å². The number of nitro groups is 1. The molecule has 0 atom stereocenters. The molecule has 31 heavy (non-hydrogen) atoms. The normalized spacial score (nSPS) is 11.9. The summed E-state index contributed by atoms with van der Waals surface area (Å²) in [4.78, 5) is 29.1. The van der Waals surface area contributed by atoms with Crippen LogP contribution in [-0.4, -0.2) is 14.3 Å². The Hall–Kier alpha value is -4.04. The summed E-state index contributed by atoms with van der Waals surface area (Å²) in [5, 5.41) is 11.6. The zero-order valence-corrected chi connectivity index (χ0v) is 16.9. The minimum Gasteiger partial charge on any atom is -0.482 e. The van der Waals surface area contributed by atoms with Crippen LogP contribution < -0.4 is 14.8 Å². The topological polar surface area (TPSA) is 86.7 Å². The second-order valence-corrected chi connectivity index (χ2v) is 7.90. The molecule has 0 radical (unpaired) electrons. The molecule has 0 N–H and O–H groups in total. The van der Waals surface area contributed by atoms with Crippen LogP contribution >= 0.6 is 11.3 Å². The van der Waals surface area contributed by atoms with Gasteiger partial charge in [0.25, 0.3) is 5.56 Å². The van der Waals surface area contributed by atoms with Crippen molar-refractivity contribution in [2.75, 3.05) is 0 Å². The number of fused-ring (bicyclic) bond motifs is 3. The molecule has 0 fully saturated rings. The van der Waals surface area contributed by atoms with E-state index in [1.807, 2.05) is 54.6 Å². The summed E-state index contributed by atoms with van der Waals surface area (Å²) in [7, 11) is 0. The number of thiazole rings is 1. The minimum atomic E-state index is -0.482. The van der Waals surface area contributed by atoms with Gasteiger partial charge in [-0.15, -0.1) is 0 Å². The first kappa shape index (κ1) is 19.0. The van der Waals surface area contributed by atoms with E-state index in [0.717, 1.165) is 16.6 Å². The Morgan fingerprint density at radius 1 is 1.06 bits per heavy atom. The van der Waals surface area contributed by atoms with Crippen molar-refractivity contribution in [3.63, 3.8) is 0 Å². The number of aromatic nitrogens is 2. The van der Waals surface area contributed by atoms with Gasteiger partial charge in [-0.05, 0) is 35.4 Å². The van der Waals surface area contributed by atoms with Gasteiger partial charge >= 0.3 is 5.69 Å². The molecule has 2 aromatic heterocycles. The first-order chi connectivity index (χ1) is 15.1. The third-order valence-corrected chi connectivity index (χ3v) is 5.83. The molecule has 5 rings (SSSR count). The highest BCUT2D eigenvalue weighted by Crippen LogP contribution is 2.29. The standard InChI is InChI=1S/C23H15N3O4S/c27-22-21(31-23-24-17-8-4-5-9-18(17)25(22)23)13-16-10-11-20(19(12-16)26(28)29)30-14-15-6-2-1-3-7-15/h1-13H,14H2. The van der Waals surface area contributed by atoms with Crippen molar-refractivity contribution in [3.8, 4) is 5.75 Å². The number of nitrogens with zero attached hydrogens (tertiary/aromatic N) is 3. The largest absolute Gasteiger partial charge is 0.482 e. The molecule has 0 aliphatic carbocycles. The zero-order valence-electron chi connectivity index (χ0n) is 16.1. The monoisotopic (exact) mass is 429 g/mol. The molecule has 152 valence electrons. The van der Waals surface area contributed by atoms with E-state index < -0.39 is 4.92 Å². The van der Waals surface area contributed by atoms with Gasteiger partial charge in [-0.1, -0.05) is 59.9 Å². The number of ether oxygens (including phenoxy) is 1. The molecular weight excluding hydrogens is 414 g/mol. The van der Waals surface area contributed by atoms with Crippen LogP contribution in [-0.2, 0) is 6.61 Å². The summed E-state index contributed by atoms with van der Waals surface area (Å²) in [6.07, 6.45) is 1.64. The summed E-state index contributed by atoms with van der Waals surface area (Å²) in [6, 6.07) is 21.5. The van der Waals surface area contributed by atoms with Gasteiger partial charge in [0.15, 0.2) is 10.7 Å². The van der Waals surface area contributed by atoms with E-state index in [1.54, 1.807) is 22.6 Å². The molecule has 0 unspecified atom stereocenters. The molecule has 3 aromatic carbocycles. The van der Waals surface area contributed by atoms with Gasteiger partial charge in [-0.25, -0.2) is 9.38 Å². The first-order valence-electron chi connectivity index (χ1n) is 9.47. The number of hydrogen-bond donors (Lipinski definition) is 0. The van der Waals surface area contributed by atoms with Crippen LogP contribution in [0.5, 0.6) is 5.75 Å². The van der Waals surface area contributed by atoms with Crippen LogP contribution in [0, 0.1) is 10.1 Å². The van der Waals surface area contributed by atoms with Crippen molar-refractivity contribution in [1.29, 1.82) is 0 Å². The van der Waals surface area contributed by atoms with Gasteiger partial charge in [0.05, 0.1) is 20.5 Å². The van der Waals surface area contributed by atoms with E-state index in [0.29, 0.717) is 15.1 Å². The molecule has 5 aromatic rings. The maximum Gasteiger partial charge on any atom is 0.311 e. The van der Waals surface area contributed by atoms with Gasteiger partial charge in [-0.2, -0.15) is 0 Å². The van der Waals surface area contributed by atoms with Crippen molar-refractivity contribution < 1.29 is 9.66 Å². The van der Waals surface area contributed by atoms with Crippen molar-refractivity contribution in [2.45, 2.75) is 6.61 Å². The van der Waals surface area contributed by atoms with Crippen LogP contribution in [0.2, 0.25) is 0 Å². The predicted molar refractivity (Wildman–Crippen MR) is 120 cm³/mol. The molecule has 7 nitrogen and oxygen atoms in total. The molecule has 0 bridgehead atoms. The Kier molecular flexibility index (Phi) is 4.68. The quantitative estimate of drug-likeness (QED) is 0.312. The number of benzene rings is 3. The van der Waals surface area contributed by atoms with Crippen molar-refractivity contribution in [1.82, 2.24) is 9.38 Å². The lowest BCUT2D eigenvalue weighted by Crippen LogP contribution is -2.22. The summed E-state index contributed by atoms with van der Waals surface area (Å²) < 4.78 is 7.69. The summed E-state index contributed by atoms with van der Waals surface area (Å²) in [5.74, 6) is 0.181. The molecule has 8 heteroatoms. The Morgan fingerprint density at radius 3 is 2.65 bits per heavy atom. The summed E-state index contributed by atoms with van der Waals surface area (Å²) in [6.45, 7) is 0.227. The molecule has 0 spiro atoms. The lowest BCUT2D eigenvalue weighted by Gasteiger charge is -2.07. The highest BCUT2D eigenvalue weighted by Gasteiger charge is 2.16. The van der Waals surface area contributed by atoms with Crippen molar-refractivity contribution in [3.05, 3.63) is 109 Å². The van der Waals surface area contributed by atoms with Gasteiger partial charge in [0, 0.05) is 6.07 Å². The van der Waals surface area contributed by atoms with Crippen LogP contribution in [0.1, 0.15) is 11.1 Å². The second-order valence-electron chi connectivity index (χ2n) is 6.89. The van der Waals surface area contributed by atoms with E-state index in [-0.39, 0.29) is 23.6 Å². The van der Waals surface area contributed by atoms with Crippen molar-refractivity contribution in [2.24, 2.45) is 0 Å². The second kappa shape index (κ2) is 7.66. The molecule has 2 heterocycles. The van der Waals surface area contributed by atoms with E-state index in [9.17, 15) is 14.9 Å².